The molecule has 1 N–H and O–H groups in total. The van der Waals surface area contributed by atoms with Crippen LogP contribution in [0.25, 0.3) is 6.08 Å². The molecular weight excluding hydrogens is 362 g/mol. The van der Waals surface area contributed by atoms with Gasteiger partial charge in [-0.1, -0.05) is 18.2 Å². The molecule has 0 spiro atoms. The van der Waals surface area contributed by atoms with Crippen LogP contribution in [0.2, 0.25) is 0 Å². The van der Waals surface area contributed by atoms with E-state index in [1.165, 1.54) is 31.2 Å². The van der Waals surface area contributed by atoms with E-state index in [1.54, 1.807) is 6.07 Å². The Morgan fingerprint density at radius 2 is 1.89 bits per heavy atom. The Hall–Kier alpha value is -3.62. The number of nitrogens with one attached hydrogen (secondary N) is 1. The van der Waals surface area contributed by atoms with E-state index in [0.29, 0.717) is 0 Å². The monoisotopic (exact) mass is 376 g/mol. The van der Waals surface area contributed by atoms with Gasteiger partial charge < -0.3 is 10.1 Å². The van der Waals surface area contributed by atoms with Gasteiger partial charge in [-0.2, -0.15) is 4.39 Å². The molecule has 0 aliphatic rings. The molecule has 1 amide bonds. The molecule has 1 atom stereocenters. The predicted molar refractivity (Wildman–Crippen MR) is 92.7 cm³/mol. The van der Waals surface area contributed by atoms with Gasteiger partial charge in [-0.25, -0.2) is 9.18 Å². The number of anilines is 1. The van der Waals surface area contributed by atoms with E-state index >= 15 is 0 Å². The SMILES string of the molecule is C[C@@H](OC(=O)/C=C/c1ccccc1F)C(=O)Nc1ccc(F)c([N+](=O)[O-])c1. The van der Waals surface area contributed by atoms with Crippen molar-refractivity contribution in [2.24, 2.45) is 0 Å². The van der Waals surface area contributed by atoms with Gasteiger partial charge in [0.25, 0.3) is 5.91 Å². The third-order valence-corrected chi connectivity index (χ3v) is 3.38. The second kappa shape index (κ2) is 8.65. The summed E-state index contributed by atoms with van der Waals surface area (Å²) in [5, 5.41) is 13.0. The van der Waals surface area contributed by atoms with Crippen LogP contribution in [0.15, 0.2) is 48.5 Å². The standard InChI is InChI=1S/C18H14F2N2O5/c1-11(27-17(23)9-6-12-4-2-3-5-14(12)19)18(24)21-13-7-8-15(20)16(10-13)22(25)26/h2-11H,1H3,(H,21,24)/b9-6+/t11-/m1/s1. The van der Waals surface area contributed by atoms with Crippen molar-refractivity contribution >= 4 is 29.3 Å². The van der Waals surface area contributed by atoms with Gasteiger partial charge in [-0.15, -0.1) is 0 Å². The van der Waals surface area contributed by atoms with Crippen molar-refractivity contribution in [2.45, 2.75) is 13.0 Å². The lowest BCUT2D eigenvalue weighted by atomic mass is 10.2. The third-order valence-electron chi connectivity index (χ3n) is 3.38. The molecule has 0 radical (unpaired) electrons. The maximum atomic E-state index is 13.4. The van der Waals surface area contributed by atoms with Crippen molar-refractivity contribution in [3.8, 4) is 0 Å². The molecule has 2 aromatic rings. The second-order valence-electron chi connectivity index (χ2n) is 5.35. The average molecular weight is 376 g/mol. The van der Waals surface area contributed by atoms with Crippen LogP contribution in [0.5, 0.6) is 0 Å². The van der Waals surface area contributed by atoms with Crippen LogP contribution in [0.4, 0.5) is 20.2 Å². The first-order valence-corrected chi connectivity index (χ1v) is 7.66. The highest BCUT2D eigenvalue weighted by molar-refractivity contribution is 5.96. The number of carbonyl (C=O) groups is 2. The highest BCUT2D eigenvalue weighted by atomic mass is 19.1. The van der Waals surface area contributed by atoms with Crippen molar-refractivity contribution in [1.29, 1.82) is 0 Å². The Kier molecular flexibility index (Phi) is 6.32. The summed E-state index contributed by atoms with van der Waals surface area (Å²) in [5.74, 6) is -3.23. The van der Waals surface area contributed by atoms with Crippen molar-refractivity contribution in [3.63, 3.8) is 0 Å². The van der Waals surface area contributed by atoms with Gasteiger partial charge in [0.05, 0.1) is 4.92 Å². The summed E-state index contributed by atoms with van der Waals surface area (Å²) in [6.45, 7) is 1.28. The zero-order valence-corrected chi connectivity index (χ0v) is 14.0. The molecule has 0 aliphatic carbocycles. The number of hydrogen-bond donors (Lipinski definition) is 1. The highest BCUT2D eigenvalue weighted by Crippen LogP contribution is 2.21. The number of esters is 1. The lowest BCUT2D eigenvalue weighted by molar-refractivity contribution is -0.387. The molecule has 0 heterocycles. The van der Waals surface area contributed by atoms with Crippen LogP contribution in [-0.2, 0) is 14.3 Å². The normalized spacial score (nSPS) is 11.8. The number of ether oxygens (including phenoxy) is 1. The molecule has 0 bridgehead atoms. The summed E-state index contributed by atoms with van der Waals surface area (Å²) in [7, 11) is 0. The van der Waals surface area contributed by atoms with Crippen molar-refractivity contribution < 1.29 is 28.0 Å². The van der Waals surface area contributed by atoms with Crippen LogP contribution >= 0.6 is 0 Å². The van der Waals surface area contributed by atoms with Gasteiger partial charge in [-0.05, 0) is 31.2 Å². The summed E-state index contributed by atoms with van der Waals surface area (Å²) in [4.78, 5) is 33.5. The summed E-state index contributed by atoms with van der Waals surface area (Å²) >= 11 is 0. The predicted octanol–water partition coefficient (Wildman–Crippen LogP) is 3.46. The van der Waals surface area contributed by atoms with Crippen LogP contribution < -0.4 is 5.32 Å². The lowest BCUT2D eigenvalue weighted by Crippen LogP contribution is -2.29. The fourth-order valence-electron chi connectivity index (χ4n) is 2.01. The molecule has 0 unspecified atom stereocenters. The van der Waals surface area contributed by atoms with E-state index in [1.807, 2.05) is 0 Å². The molecule has 140 valence electrons. The first-order valence-electron chi connectivity index (χ1n) is 7.66. The first kappa shape index (κ1) is 19.7. The zero-order valence-electron chi connectivity index (χ0n) is 14.0. The van der Waals surface area contributed by atoms with Crippen molar-refractivity contribution in [3.05, 3.63) is 75.9 Å². The Labute approximate surface area is 152 Å². The fraction of sp³-hybridized carbons (Fsp3) is 0.111. The number of carbonyl (C=O) groups excluding carboxylic acids is 2. The van der Waals surface area contributed by atoms with Gasteiger partial charge in [0, 0.05) is 23.4 Å². The average Bonchev–Trinajstić information content (AvgIpc) is 2.62. The number of benzene rings is 2. The summed E-state index contributed by atoms with van der Waals surface area (Å²) in [6.07, 6.45) is 0.920. The van der Waals surface area contributed by atoms with Crippen LogP contribution in [0.3, 0.4) is 0 Å². The Bertz CT molecular complexity index is 914. The number of nitro benzene ring substituents is 1. The van der Waals surface area contributed by atoms with E-state index in [9.17, 15) is 28.5 Å². The molecule has 0 saturated heterocycles. The number of nitro groups is 1. The quantitative estimate of drug-likeness (QED) is 0.360. The molecule has 0 fully saturated rings. The number of rotatable bonds is 6. The van der Waals surface area contributed by atoms with Gasteiger partial charge in [-0.3, -0.25) is 14.9 Å². The molecule has 7 nitrogen and oxygen atoms in total. The molecule has 2 aromatic carbocycles. The smallest absolute Gasteiger partial charge is 0.331 e. The Morgan fingerprint density at radius 1 is 1.19 bits per heavy atom. The number of amides is 1. The molecule has 9 heteroatoms. The van der Waals surface area contributed by atoms with Crippen LogP contribution in [0.1, 0.15) is 12.5 Å². The number of hydrogen-bond acceptors (Lipinski definition) is 5. The zero-order chi connectivity index (χ0) is 20.0. The molecule has 0 aromatic heterocycles. The Morgan fingerprint density at radius 3 is 2.56 bits per heavy atom. The van der Waals surface area contributed by atoms with Gasteiger partial charge in [0.1, 0.15) is 5.82 Å². The summed E-state index contributed by atoms with van der Waals surface area (Å²) in [6, 6.07) is 8.58. The van der Waals surface area contributed by atoms with Gasteiger partial charge >= 0.3 is 11.7 Å². The molecule has 2 rings (SSSR count). The van der Waals surface area contributed by atoms with Crippen LogP contribution in [0, 0.1) is 21.7 Å². The maximum absolute atomic E-state index is 13.4. The molecule has 27 heavy (non-hydrogen) atoms. The lowest BCUT2D eigenvalue weighted by Gasteiger charge is -2.12. The summed E-state index contributed by atoms with van der Waals surface area (Å²) in [5.41, 5.74) is -0.659. The minimum atomic E-state index is -1.24. The minimum absolute atomic E-state index is 0.0297. The van der Waals surface area contributed by atoms with E-state index in [0.717, 1.165) is 24.3 Å². The third kappa shape index (κ3) is 5.43. The molecule has 0 aliphatic heterocycles. The second-order valence-corrected chi connectivity index (χ2v) is 5.35. The number of halogens is 2. The largest absolute Gasteiger partial charge is 0.449 e. The highest BCUT2D eigenvalue weighted by Gasteiger charge is 2.19. The first-order chi connectivity index (χ1) is 12.8. The van der Waals surface area contributed by atoms with Gasteiger partial charge in [0.15, 0.2) is 6.10 Å². The van der Waals surface area contributed by atoms with E-state index in [2.05, 4.69) is 5.32 Å². The van der Waals surface area contributed by atoms with E-state index in [4.69, 9.17) is 4.74 Å². The maximum Gasteiger partial charge on any atom is 0.331 e. The molecule has 0 saturated carbocycles. The van der Waals surface area contributed by atoms with Crippen molar-refractivity contribution in [1.82, 2.24) is 0 Å². The Balaban J connectivity index is 1.97. The van der Waals surface area contributed by atoms with Crippen LogP contribution in [-0.4, -0.2) is 22.9 Å². The van der Waals surface area contributed by atoms with Crippen molar-refractivity contribution in [2.75, 3.05) is 5.32 Å². The fourth-order valence-corrected chi connectivity index (χ4v) is 2.01. The summed E-state index contributed by atoms with van der Waals surface area (Å²) < 4.78 is 31.6. The topological polar surface area (TPSA) is 98.5 Å². The minimum Gasteiger partial charge on any atom is -0.449 e. The molecular formula is C18H14F2N2O5. The van der Waals surface area contributed by atoms with Gasteiger partial charge in [0.2, 0.25) is 5.82 Å². The van der Waals surface area contributed by atoms with E-state index < -0.39 is 40.2 Å². The van der Waals surface area contributed by atoms with E-state index in [-0.39, 0.29) is 11.3 Å². The number of nitrogens with zero attached hydrogens (tertiary/aromatic N) is 1.